The Morgan fingerprint density at radius 3 is 2.73 bits per heavy atom. The number of hydrogen-bond acceptors (Lipinski definition) is 4. The van der Waals surface area contributed by atoms with Crippen LogP contribution in [0, 0.1) is 5.92 Å². The lowest BCUT2D eigenvalue weighted by Crippen LogP contribution is -2.51. The zero-order chi connectivity index (χ0) is 10.8. The molecule has 0 atom stereocenters. The molecule has 1 aliphatic rings. The summed E-state index contributed by atoms with van der Waals surface area (Å²) in [6, 6.07) is 7.66. The van der Waals surface area contributed by atoms with Crippen molar-refractivity contribution < 1.29 is 9.53 Å². The Kier molecular flexibility index (Phi) is 2.49. The van der Waals surface area contributed by atoms with Crippen LogP contribution in [0.15, 0.2) is 24.3 Å². The van der Waals surface area contributed by atoms with Crippen molar-refractivity contribution in [3.63, 3.8) is 0 Å². The van der Waals surface area contributed by atoms with Crippen LogP contribution in [-0.2, 0) is 9.53 Å². The Morgan fingerprint density at radius 2 is 2.13 bits per heavy atom. The number of carbonyl (C=O) groups is 1. The minimum Gasteiger partial charge on any atom is -0.469 e. The van der Waals surface area contributed by atoms with Crippen molar-refractivity contribution in [2.45, 2.75) is 0 Å². The van der Waals surface area contributed by atoms with E-state index in [0.717, 1.165) is 11.4 Å². The largest absolute Gasteiger partial charge is 0.469 e. The number of para-hydroxylation sites is 2. The monoisotopic (exact) mass is 206 g/mol. The van der Waals surface area contributed by atoms with Gasteiger partial charge >= 0.3 is 5.97 Å². The second-order valence-corrected chi connectivity index (χ2v) is 3.68. The van der Waals surface area contributed by atoms with Crippen molar-refractivity contribution in [3.05, 3.63) is 24.3 Å². The number of rotatable bonds is 2. The molecule has 0 aromatic heterocycles. The fourth-order valence-corrected chi connectivity index (χ4v) is 1.77. The van der Waals surface area contributed by atoms with Gasteiger partial charge in [0, 0.05) is 13.1 Å². The summed E-state index contributed by atoms with van der Waals surface area (Å²) in [5.41, 5.74) is 7.58. The Bertz CT molecular complexity index is 373. The smallest absolute Gasteiger partial charge is 0.312 e. The number of nitrogen functional groups attached to an aromatic ring is 1. The number of benzene rings is 1. The molecule has 1 heterocycles. The minimum absolute atomic E-state index is 0.00499. The van der Waals surface area contributed by atoms with Gasteiger partial charge in [0.2, 0.25) is 0 Å². The van der Waals surface area contributed by atoms with Gasteiger partial charge in [0.25, 0.3) is 0 Å². The molecule has 0 bridgehead atoms. The Balaban J connectivity index is 2.00. The van der Waals surface area contributed by atoms with Gasteiger partial charge in [-0.2, -0.15) is 0 Å². The molecular formula is C11H14N2O2. The second-order valence-electron chi connectivity index (χ2n) is 3.68. The molecule has 2 rings (SSSR count). The third-order valence-electron chi connectivity index (χ3n) is 2.69. The summed E-state index contributed by atoms with van der Waals surface area (Å²) in [5.74, 6) is -0.143. The highest BCUT2D eigenvalue weighted by atomic mass is 16.5. The number of anilines is 2. The average Bonchev–Trinajstić information content (AvgIpc) is 2.18. The van der Waals surface area contributed by atoms with E-state index < -0.39 is 0 Å². The molecule has 0 saturated carbocycles. The number of hydrogen-bond donors (Lipinski definition) is 1. The van der Waals surface area contributed by atoms with E-state index in [2.05, 4.69) is 9.64 Å². The average molecular weight is 206 g/mol. The van der Waals surface area contributed by atoms with Crippen LogP contribution in [0.3, 0.4) is 0 Å². The van der Waals surface area contributed by atoms with Crippen LogP contribution >= 0.6 is 0 Å². The van der Waals surface area contributed by atoms with Crippen LogP contribution in [0.5, 0.6) is 0 Å². The Labute approximate surface area is 88.6 Å². The van der Waals surface area contributed by atoms with Crippen LogP contribution in [0.2, 0.25) is 0 Å². The Morgan fingerprint density at radius 1 is 1.47 bits per heavy atom. The summed E-state index contributed by atoms with van der Waals surface area (Å²) in [6.45, 7) is 1.39. The van der Waals surface area contributed by atoms with Crippen LogP contribution in [0.1, 0.15) is 0 Å². The van der Waals surface area contributed by atoms with E-state index in [0.29, 0.717) is 13.1 Å². The topological polar surface area (TPSA) is 55.6 Å². The molecule has 1 aliphatic heterocycles. The molecule has 1 aromatic carbocycles. The molecule has 2 N–H and O–H groups in total. The van der Waals surface area contributed by atoms with E-state index in [4.69, 9.17) is 5.73 Å². The maximum Gasteiger partial charge on any atom is 0.312 e. The summed E-state index contributed by atoms with van der Waals surface area (Å²) >= 11 is 0. The van der Waals surface area contributed by atoms with Gasteiger partial charge in [0.15, 0.2) is 0 Å². The Hall–Kier alpha value is -1.71. The predicted octanol–water partition coefficient (Wildman–Crippen LogP) is 0.878. The van der Waals surface area contributed by atoms with Crippen molar-refractivity contribution in [1.29, 1.82) is 0 Å². The summed E-state index contributed by atoms with van der Waals surface area (Å²) < 4.78 is 4.67. The van der Waals surface area contributed by atoms with Crippen LogP contribution in [0.25, 0.3) is 0 Å². The lowest BCUT2D eigenvalue weighted by molar-refractivity contribution is -0.146. The summed E-state index contributed by atoms with van der Waals surface area (Å²) in [5, 5.41) is 0. The van der Waals surface area contributed by atoms with Crippen LogP contribution < -0.4 is 10.6 Å². The summed E-state index contributed by atoms with van der Waals surface area (Å²) in [7, 11) is 1.42. The van der Waals surface area contributed by atoms with Crippen molar-refractivity contribution in [3.8, 4) is 0 Å². The van der Waals surface area contributed by atoms with Gasteiger partial charge in [0.1, 0.15) is 0 Å². The number of carbonyl (C=O) groups excluding carboxylic acids is 1. The third kappa shape index (κ3) is 1.75. The molecule has 15 heavy (non-hydrogen) atoms. The number of ether oxygens (including phenoxy) is 1. The van der Waals surface area contributed by atoms with E-state index in [-0.39, 0.29) is 11.9 Å². The molecule has 0 aliphatic carbocycles. The highest BCUT2D eigenvalue weighted by Gasteiger charge is 2.34. The van der Waals surface area contributed by atoms with E-state index in [1.807, 2.05) is 24.3 Å². The highest BCUT2D eigenvalue weighted by molar-refractivity contribution is 5.78. The molecule has 1 fully saturated rings. The first-order chi connectivity index (χ1) is 7.22. The number of nitrogens with zero attached hydrogens (tertiary/aromatic N) is 1. The normalized spacial score (nSPS) is 15.9. The van der Waals surface area contributed by atoms with Gasteiger partial charge in [-0.1, -0.05) is 12.1 Å². The van der Waals surface area contributed by atoms with Gasteiger partial charge in [-0.15, -0.1) is 0 Å². The maximum absolute atomic E-state index is 11.2. The van der Waals surface area contributed by atoms with Gasteiger partial charge in [-0.3, -0.25) is 4.79 Å². The van der Waals surface area contributed by atoms with Gasteiger partial charge < -0.3 is 15.4 Å². The first-order valence-corrected chi connectivity index (χ1v) is 4.89. The highest BCUT2D eigenvalue weighted by Crippen LogP contribution is 2.29. The lowest BCUT2D eigenvalue weighted by atomic mass is 9.99. The van der Waals surface area contributed by atoms with E-state index in [9.17, 15) is 4.79 Å². The zero-order valence-electron chi connectivity index (χ0n) is 8.64. The number of methoxy groups -OCH3 is 1. The first kappa shape index (κ1) is 9.83. The molecule has 4 nitrogen and oxygen atoms in total. The standard InChI is InChI=1S/C11H14N2O2/c1-15-11(14)8-6-13(7-8)10-5-3-2-4-9(10)12/h2-5,8H,6-7,12H2,1H3. The molecule has 0 unspecified atom stereocenters. The zero-order valence-corrected chi connectivity index (χ0v) is 8.64. The van der Waals surface area contributed by atoms with Crippen LogP contribution in [0.4, 0.5) is 11.4 Å². The van der Waals surface area contributed by atoms with Crippen molar-refractivity contribution in [2.75, 3.05) is 30.8 Å². The molecule has 1 saturated heterocycles. The second kappa shape index (κ2) is 3.81. The first-order valence-electron chi connectivity index (χ1n) is 4.89. The van der Waals surface area contributed by atoms with E-state index in [1.54, 1.807) is 0 Å². The van der Waals surface area contributed by atoms with Crippen molar-refractivity contribution >= 4 is 17.3 Å². The predicted molar refractivity (Wildman–Crippen MR) is 58.6 cm³/mol. The molecular weight excluding hydrogens is 192 g/mol. The molecule has 0 amide bonds. The molecule has 4 heteroatoms. The third-order valence-corrected chi connectivity index (χ3v) is 2.69. The number of nitrogens with two attached hydrogens (primary N) is 1. The van der Waals surface area contributed by atoms with Crippen LogP contribution in [-0.4, -0.2) is 26.2 Å². The summed E-state index contributed by atoms with van der Waals surface area (Å²) in [6.07, 6.45) is 0. The van der Waals surface area contributed by atoms with Crippen molar-refractivity contribution in [1.82, 2.24) is 0 Å². The number of esters is 1. The maximum atomic E-state index is 11.2. The molecule has 0 radical (unpaired) electrons. The molecule has 80 valence electrons. The SMILES string of the molecule is COC(=O)C1CN(c2ccccc2N)C1. The molecule has 0 spiro atoms. The van der Waals surface area contributed by atoms with E-state index in [1.165, 1.54) is 7.11 Å². The van der Waals surface area contributed by atoms with Gasteiger partial charge in [0.05, 0.1) is 24.4 Å². The minimum atomic E-state index is -0.138. The molecule has 1 aromatic rings. The van der Waals surface area contributed by atoms with Gasteiger partial charge in [-0.25, -0.2) is 0 Å². The van der Waals surface area contributed by atoms with E-state index >= 15 is 0 Å². The van der Waals surface area contributed by atoms with Gasteiger partial charge in [-0.05, 0) is 12.1 Å². The van der Waals surface area contributed by atoms with Crippen molar-refractivity contribution in [2.24, 2.45) is 5.92 Å². The lowest BCUT2D eigenvalue weighted by Gasteiger charge is -2.39. The fraction of sp³-hybridized carbons (Fsp3) is 0.364. The fourth-order valence-electron chi connectivity index (χ4n) is 1.77. The summed E-state index contributed by atoms with van der Waals surface area (Å²) in [4.78, 5) is 13.3. The quantitative estimate of drug-likeness (QED) is 0.576.